The van der Waals surface area contributed by atoms with Crippen LogP contribution in [0.15, 0.2) is 91.0 Å². The number of hydroxylamine groups is 2. The topological polar surface area (TPSA) is 102 Å². The van der Waals surface area contributed by atoms with Crippen LogP contribution < -0.4 is 0 Å². The molecule has 3 aromatic rings. The molecule has 0 unspecified atom stereocenters. The zero-order valence-corrected chi connectivity index (χ0v) is 28.0. The van der Waals surface area contributed by atoms with Crippen LogP contribution in [0.4, 0.5) is 0 Å². The van der Waals surface area contributed by atoms with Gasteiger partial charge in [-0.2, -0.15) is 5.06 Å². The van der Waals surface area contributed by atoms with Gasteiger partial charge in [0.1, 0.15) is 18.8 Å². The maximum atomic E-state index is 14.7. The van der Waals surface area contributed by atoms with Crippen molar-refractivity contribution in [3.05, 3.63) is 108 Å². The van der Waals surface area contributed by atoms with Gasteiger partial charge in [0, 0.05) is 11.8 Å². The smallest absolute Gasteiger partial charge is 0.329 e. The summed E-state index contributed by atoms with van der Waals surface area (Å²) in [4.78, 5) is 42.4. The van der Waals surface area contributed by atoms with Crippen molar-refractivity contribution in [2.45, 2.75) is 89.5 Å². The van der Waals surface area contributed by atoms with Crippen LogP contribution >= 0.6 is 0 Å². The van der Waals surface area contributed by atoms with E-state index in [1.807, 2.05) is 54.6 Å². The Balaban J connectivity index is 1.54. The second kappa shape index (κ2) is 14.4. The third-order valence-corrected chi connectivity index (χ3v) is 10.4. The monoisotopic (exact) mass is 641 g/mol. The van der Waals surface area contributed by atoms with Gasteiger partial charge in [-0.3, -0.25) is 9.59 Å². The van der Waals surface area contributed by atoms with E-state index < -0.39 is 47.4 Å². The molecule has 7 atom stereocenters. The average molecular weight is 642 g/mol. The number of benzene rings is 3. The second-order valence-corrected chi connectivity index (χ2v) is 13.8. The van der Waals surface area contributed by atoms with Crippen molar-refractivity contribution in [2.24, 2.45) is 17.8 Å². The molecule has 47 heavy (non-hydrogen) atoms. The number of carbonyl (C=O) groups is 3. The van der Waals surface area contributed by atoms with E-state index in [1.165, 1.54) is 6.92 Å². The number of ether oxygens (including phenoxy) is 3. The van der Waals surface area contributed by atoms with Gasteiger partial charge in [-0.05, 0) is 54.7 Å². The van der Waals surface area contributed by atoms with E-state index in [2.05, 4.69) is 32.9 Å². The van der Waals surface area contributed by atoms with Gasteiger partial charge in [-0.25, -0.2) is 4.79 Å². The van der Waals surface area contributed by atoms with E-state index >= 15 is 0 Å². The summed E-state index contributed by atoms with van der Waals surface area (Å²) in [5.74, 6) is -4.18. The standard InChI is InChI=1S/C39H47NO7/c1-6-45-36(42)34-32(28-18-12-8-13-19-28)33(35(41)46-25-27-16-10-7-11-17-27)39(5,40(34)44)37(43)47-31-24-26(2)22-23-30(31)38(3,4)29-20-14-9-15-21-29/h7-21,26,30-34,44H,6,22-25H2,1-5H3/t26-,30-,31-,32+,33-,34+,39+/m1/s1. The van der Waals surface area contributed by atoms with Crippen molar-refractivity contribution in [2.75, 3.05) is 6.61 Å². The van der Waals surface area contributed by atoms with E-state index in [0.717, 1.165) is 24.0 Å². The summed E-state index contributed by atoms with van der Waals surface area (Å²) in [6.07, 6.45) is 2.00. The van der Waals surface area contributed by atoms with Crippen LogP contribution in [0, 0.1) is 17.8 Å². The Kier molecular flexibility index (Phi) is 10.5. The minimum Gasteiger partial charge on any atom is -0.465 e. The molecule has 1 saturated heterocycles. The van der Waals surface area contributed by atoms with E-state index in [1.54, 1.807) is 31.2 Å². The maximum absolute atomic E-state index is 14.7. The van der Waals surface area contributed by atoms with E-state index in [4.69, 9.17) is 14.2 Å². The van der Waals surface area contributed by atoms with Crippen molar-refractivity contribution in [3.63, 3.8) is 0 Å². The molecule has 250 valence electrons. The fraction of sp³-hybridized carbons (Fsp3) is 0.462. The molecule has 5 rings (SSSR count). The molecule has 2 fully saturated rings. The fourth-order valence-electron chi connectivity index (χ4n) is 7.68. The van der Waals surface area contributed by atoms with Crippen LogP contribution in [-0.4, -0.2) is 52.5 Å². The largest absolute Gasteiger partial charge is 0.465 e. The zero-order chi connectivity index (χ0) is 33.8. The van der Waals surface area contributed by atoms with Crippen LogP contribution in [0.25, 0.3) is 0 Å². The van der Waals surface area contributed by atoms with Crippen molar-refractivity contribution in [1.29, 1.82) is 0 Å². The first-order valence-corrected chi connectivity index (χ1v) is 16.7. The fourth-order valence-corrected chi connectivity index (χ4v) is 7.68. The van der Waals surface area contributed by atoms with Crippen LogP contribution in [0.5, 0.6) is 0 Å². The lowest BCUT2D eigenvalue weighted by Crippen LogP contribution is -2.57. The number of hydrogen-bond acceptors (Lipinski definition) is 8. The van der Waals surface area contributed by atoms with Crippen molar-refractivity contribution >= 4 is 17.9 Å². The van der Waals surface area contributed by atoms with Gasteiger partial charge in [0.15, 0.2) is 5.54 Å². The molecule has 3 aromatic carbocycles. The Hall–Kier alpha value is -4.01. The first-order chi connectivity index (χ1) is 22.5. The van der Waals surface area contributed by atoms with E-state index in [-0.39, 0.29) is 24.5 Å². The first kappa shape index (κ1) is 34.3. The van der Waals surface area contributed by atoms with Gasteiger partial charge in [-0.1, -0.05) is 118 Å². The molecule has 1 N–H and O–H groups in total. The molecule has 0 amide bonds. The summed E-state index contributed by atoms with van der Waals surface area (Å²) in [5.41, 5.74) is 0.218. The Bertz CT molecular complexity index is 1510. The third kappa shape index (κ3) is 6.85. The predicted molar refractivity (Wildman–Crippen MR) is 177 cm³/mol. The lowest BCUT2D eigenvalue weighted by molar-refractivity contribution is -0.217. The van der Waals surface area contributed by atoms with Crippen LogP contribution in [-0.2, 0) is 40.6 Å². The van der Waals surface area contributed by atoms with Gasteiger partial charge in [-0.15, -0.1) is 0 Å². The van der Waals surface area contributed by atoms with Crippen molar-refractivity contribution < 1.29 is 33.8 Å². The Labute approximate surface area is 278 Å². The normalized spacial score (nSPS) is 28.0. The molecule has 0 bridgehead atoms. The Morgan fingerprint density at radius 3 is 2.09 bits per heavy atom. The Morgan fingerprint density at radius 2 is 1.47 bits per heavy atom. The molecular formula is C39H47NO7. The van der Waals surface area contributed by atoms with Gasteiger partial charge in [0.25, 0.3) is 0 Å². The summed E-state index contributed by atoms with van der Waals surface area (Å²) < 4.78 is 17.7. The molecule has 1 saturated carbocycles. The maximum Gasteiger partial charge on any atom is 0.329 e. The van der Waals surface area contributed by atoms with Crippen molar-refractivity contribution in [3.8, 4) is 0 Å². The number of rotatable bonds is 10. The van der Waals surface area contributed by atoms with Gasteiger partial charge < -0.3 is 19.4 Å². The molecule has 1 aliphatic carbocycles. The lowest BCUT2D eigenvalue weighted by atomic mass is 9.64. The molecule has 0 spiro atoms. The highest BCUT2D eigenvalue weighted by molar-refractivity contribution is 5.93. The van der Waals surface area contributed by atoms with Crippen LogP contribution in [0.3, 0.4) is 0 Å². The molecule has 0 aromatic heterocycles. The number of esters is 3. The molecule has 0 radical (unpaired) electrons. The number of hydrogen-bond donors (Lipinski definition) is 1. The molecule has 1 heterocycles. The molecule has 1 aliphatic heterocycles. The minimum absolute atomic E-state index is 0.0172. The summed E-state index contributed by atoms with van der Waals surface area (Å²) in [5, 5.41) is 12.6. The zero-order valence-electron chi connectivity index (χ0n) is 28.0. The van der Waals surface area contributed by atoms with Crippen molar-refractivity contribution in [1.82, 2.24) is 5.06 Å². The molecule has 8 nitrogen and oxygen atoms in total. The molecule has 2 aliphatic rings. The average Bonchev–Trinajstić information content (AvgIpc) is 3.32. The van der Waals surface area contributed by atoms with Gasteiger partial charge in [0.2, 0.25) is 0 Å². The highest BCUT2D eigenvalue weighted by Crippen LogP contribution is 2.51. The molecular weight excluding hydrogens is 594 g/mol. The van der Waals surface area contributed by atoms with Crippen LogP contribution in [0.2, 0.25) is 0 Å². The van der Waals surface area contributed by atoms with E-state index in [0.29, 0.717) is 23.0 Å². The third-order valence-electron chi connectivity index (χ3n) is 10.4. The highest BCUT2D eigenvalue weighted by atomic mass is 16.6. The number of nitrogens with zero attached hydrogens (tertiary/aromatic N) is 1. The summed E-state index contributed by atoms with van der Waals surface area (Å²) >= 11 is 0. The number of carbonyl (C=O) groups excluding carboxylic acids is 3. The quantitative estimate of drug-likeness (QED) is 0.190. The summed E-state index contributed by atoms with van der Waals surface area (Å²) in [6, 6.07) is 27.0. The summed E-state index contributed by atoms with van der Waals surface area (Å²) in [7, 11) is 0. The van der Waals surface area contributed by atoms with E-state index in [9.17, 15) is 19.6 Å². The Morgan fingerprint density at radius 1 is 0.872 bits per heavy atom. The first-order valence-electron chi connectivity index (χ1n) is 16.7. The predicted octanol–water partition coefficient (Wildman–Crippen LogP) is 6.85. The highest BCUT2D eigenvalue weighted by Gasteiger charge is 2.67. The second-order valence-electron chi connectivity index (χ2n) is 13.8. The van der Waals surface area contributed by atoms with Gasteiger partial charge >= 0.3 is 17.9 Å². The van der Waals surface area contributed by atoms with Gasteiger partial charge in [0.05, 0.1) is 12.5 Å². The van der Waals surface area contributed by atoms with Crippen LogP contribution in [0.1, 0.15) is 76.5 Å². The molecule has 8 heteroatoms. The lowest BCUT2D eigenvalue weighted by Gasteiger charge is -2.45. The minimum atomic E-state index is -1.96. The summed E-state index contributed by atoms with van der Waals surface area (Å²) in [6.45, 7) is 9.66. The SMILES string of the molecule is CCOC(=O)[C@@H]1[C@@H](c2ccccc2)[C@H](C(=O)OCc2ccccc2)[C@@](C)(C(=O)O[C@@H]2C[C@H](C)CC[C@H]2C(C)(C)c2ccccc2)N1O.